The van der Waals surface area contributed by atoms with E-state index in [4.69, 9.17) is 13.9 Å². The first kappa shape index (κ1) is 18.3. The molecule has 0 aromatic carbocycles. The van der Waals surface area contributed by atoms with Gasteiger partial charge in [-0.1, -0.05) is 13.8 Å². The van der Waals surface area contributed by atoms with Crippen molar-refractivity contribution in [1.29, 1.82) is 0 Å². The van der Waals surface area contributed by atoms with Gasteiger partial charge >= 0.3 is 6.16 Å². The molecule has 0 spiro atoms. The summed E-state index contributed by atoms with van der Waals surface area (Å²) in [6.45, 7) is 12.7. The average Bonchev–Trinajstić information content (AvgIpc) is 2.41. The molecule has 0 aliphatic rings. The van der Waals surface area contributed by atoms with Crippen LogP contribution in [0.25, 0.3) is 0 Å². The zero-order valence-corrected chi connectivity index (χ0v) is 14.5. The molecule has 0 amide bonds. The third-order valence-electron chi connectivity index (χ3n) is 3.31. The smallest absolute Gasteiger partial charge is 0.465 e. The van der Waals surface area contributed by atoms with Crippen molar-refractivity contribution < 1.29 is 18.7 Å². The minimum atomic E-state index is -0.720. The van der Waals surface area contributed by atoms with Crippen molar-refractivity contribution in [2.75, 3.05) is 6.61 Å². The van der Waals surface area contributed by atoms with Gasteiger partial charge in [-0.15, -0.1) is 0 Å². The average molecular weight is 310 g/mol. The topological polar surface area (TPSA) is 65.7 Å². The Morgan fingerprint density at radius 2 is 1.82 bits per heavy atom. The van der Waals surface area contributed by atoms with Gasteiger partial charge < -0.3 is 13.9 Å². The van der Waals surface area contributed by atoms with Crippen LogP contribution in [-0.4, -0.2) is 18.4 Å². The molecular weight excluding hydrogens is 284 g/mol. The summed E-state index contributed by atoms with van der Waals surface area (Å²) in [5, 5.41) is 0. The minimum Gasteiger partial charge on any atom is -0.465 e. The minimum absolute atomic E-state index is 0.0118. The summed E-state index contributed by atoms with van der Waals surface area (Å²) in [6, 6.07) is 0. The Morgan fingerprint density at radius 3 is 2.32 bits per heavy atom. The van der Waals surface area contributed by atoms with E-state index in [1.54, 1.807) is 34.6 Å². The summed E-state index contributed by atoms with van der Waals surface area (Å²) in [6.07, 6.45) is -0.0734. The van der Waals surface area contributed by atoms with Crippen LogP contribution in [0.3, 0.4) is 0 Å². The summed E-state index contributed by atoms with van der Waals surface area (Å²) >= 11 is 0. The highest BCUT2D eigenvalue weighted by atomic mass is 16.7. The van der Waals surface area contributed by atoms with Crippen LogP contribution in [0.1, 0.15) is 63.2 Å². The summed E-state index contributed by atoms with van der Waals surface area (Å²) in [5.74, 6) is 1.02. The number of carbonyl (C=O) groups is 1. The number of aryl methyl sites for hydroxylation is 1. The van der Waals surface area contributed by atoms with E-state index in [2.05, 4.69) is 0 Å². The lowest BCUT2D eigenvalue weighted by Crippen LogP contribution is -2.25. The first-order chi connectivity index (χ1) is 10.1. The fourth-order valence-electron chi connectivity index (χ4n) is 2.16. The molecule has 1 rings (SSSR count). The highest BCUT2D eigenvalue weighted by Gasteiger charge is 2.21. The molecule has 1 aromatic rings. The summed E-state index contributed by atoms with van der Waals surface area (Å²) in [5.41, 5.74) is 0.600. The van der Waals surface area contributed by atoms with E-state index >= 15 is 0 Å². The molecule has 0 bridgehead atoms. The molecule has 124 valence electrons. The standard InChI is InChI=1S/C17H26O5/c1-8-13-11(3)14(18)12(4)15(21-13)10(2)9-20-16(19)22-17(5,6)7/h10H,8-9H2,1-7H3. The molecule has 1 atom stereocenters. The molecule has 0 radical (unpaired) electrons. The number of hydrogen-bond acceptors (Lipinski definition) is 5. The van der Waals surface area contributed by atoms with Gasteiger partial charge in [0.25, 0.3) is 0 Å². The molecule has 1 unspecified atom stereocenters. The van der Waals surface area contributed by atoms with E-state index < -0.39 is 11.8 Å². The van der Waals surface area contributed by atoms with Gasteiger partial charge in [0, 0.05) is 23.5 Å². The number of hydrogen-bond donors (Lipinski definition) is 0. The summed E-state index contributed by atoms with van der Waals surface area (Å²) < 4.78 is 16.0. The van der Waals surface area contributed by atoms with Crippen LogP contribution in [0, 0.1) is 13.8 Å². The van der Waals surface area contributed by atoms with Gasteiger partial charge in [0.05, 0.1) is 0 Å². The van der Waals surface area contributed by atoms with Crippen molar-refractivity contribution in [3.05, 3.63) is 32.9 Å². The lowest BCUT2D eigenvalue weighted by Gasteiger charge is -2.20. The van der Waals surface area contributed by atoms with E-state index in [9.17, 15) is 9.59 Å². The SMILES string of the molecule is CCc1oc(C(C)COC(=O)OC(C)(C)C)c(C)c(=O)c1C. The van der Waals surface area contributed by atoms with Gasteiger partial charge in [0.15, 0.2) is 5.43 Å². The van der Waals surface area contributed by atoms with Crippen LogP contribution in [0.15, 0.2) is 9.21 Å². The highest BCUT2D eigenvalue weighted by Crippen LogP contribution is 2.21. The molecule has 22 heavy (non-hydrogen) atoms. The summed E-state index contributed by atoms with van der Waals surface area (Å²) in [7, 11) is 0. The molecule has 5 heteroatoms. The number of carbonyl (C=O) groups excluding carboxylic acids is 1. The fourth-order valence-corrected chi connectivity index (χ4v) is 2.16. The van der Waals surface area contributed by atoms with Gasteiger partial charge in [-0.3, -0.25) is 4.79 Å². The van der Waals surface area contributed by atoms with Crippen molar-refractivity contribution >= 4 is 6.16 Å². The van der Waals surface area contributed by atoms with E-state index in [0.29, 0.717) is 29.1 Å². The first-order valence-electron chi connectivity index (χ1n) is 7.55. The number of rotatable bonds is 4. The molecule has 0 N–H and O–H groups in total. The Bertz CT molecular complexity index is 592. The second-order valence-corrected chi connectivity index (χ2v) is 6.50. The van der Waals surface area contributed by atoms with Crippen LogP contribution in [-0.2, 0) is 15.9 Å². The van der Waals surface area contributed by atoms with Gasteiger partial charge in [-0.25, -0.2) is 4.79 Å². The first-order valence-corrected chi connectivity index (χ1v) is 7.55. The van der Waals surface area contributed by atoms with Crippen molar-refractivity contribution in [1.82, 2.24) is 0 Å². The van der Waals surface area contributed by atoms with Gasteiger partial charge in [0.2, 0.25) is 0 Å². The van der Waals surface area contributed by atoms with Crippen LogP contribution < -0.4 is 5.43 Å². The van der Waals surface area contributed by atoms with E-state index in [0.717, 1.165) is 0 Å². The Balaban J connectivity index is 2.86. The normalized spacial score (nSPS) is 12.9. The maximum Gasteiger partial charge on any atom is 0.508 e. The predicted molar refractivity (Wildman–Crippen MR) is 84.4 cm³/mol. The summed E-state index contributed by atoms with van der Waals surface area (Å²) in [4.78, 5) is 23.8. The van der Waals surface area contributed by atoms with Crippen LogP contribution in [0.2, 0.25) is 0 Å². The third-order valence-corrected chi connectivity index (χ3v) is 3.31. The van der Waals surface area contributed by atoms with Gasteiger partial charge in [-0.2, -0.15) is 0 Å². The molecule has 1 heterocycles. The molecule has 0 fully saturated rings. The van der Waals surface area contributed by atoms with Crippen LogP contribution >= 0.6 is 0 Å². The molecular formula is C17H26O5. The lowest BCUT2D eigenvalue weighted by molar-refractivity contribution is -0.00965. The molecule has 0 saturated carbocycles. The quantitative estimate of drug-likeness (QED) is 0.790. The van der Waals surface area contributed by atoms with E-state index in [1.165, 1.54) is 0 Å². The predicted octanol–water partition coefficient (Wildman–Crippen LogP) is 3.87. The van der Waals surface area contributed by atoms with E-state index in [1.807, 2.05) is 13.8 Å². The number of ether oxygens (including phenoxy) is 2. The van der Waals surface area contributed by atoms with Gasteiger partial charge in [-0.05, 0) is 34.6 Å². The fraction of sp³-hybridized carbons (Fsp3) is 0.647. The van der Waals surface area contributed by atoms with Crippen LogP contribution in [0.5, 0.6) is 0 Å². The van der Waals surface area contributed by atoms with Crippen molar-refractivity contribution in [2.24, 2.45) is 0 Å². The van der Waals surface area contributed by atoms with Gasteiger partial charge in [0.1, 0.15) is 23.7 Å². The molecule has 0 aliphatic carbocycles. The second kappa shape index (κ2) is 6.99. The second-order valence-electron chi connectivity index (χ2n) is 6.50. The Kier molecular flexibility index (Phi) is 5.80. The van der Waals surface area contributed by atoms with E-state index in [-0.39, 0.29) is 18.0 Å². The largest absolute Gasteiger partial charge is 0.508 e. The molecule has 5 nitrogen and oxygen atoms in total. The third kappa shape index (κ3) is 4.61. The highest BCUT2D eigenvalue weighted by molar-refractivity contribution is 5.60. The van der Waals surface area contributed by atoms with Crippen molar-refractivity contribution in [2.45, 2.75) is 66.4 Å². The molecule has 0 saturated heterocycles. The zero-order valence-electron chi connectivity index (χ0n) is 14.5. The lowest BCUT2D eigenvalue weighted by atomic mass is 10.0. The van der Waals surface area contributed by atoms with Crippen LogP contribution in [0.4, 0.5) is 4.79 Å². The maximum absolute atomic E-state index is 12.2. The molecule has 1 aromatic heterocycles. The van der Waals surface area contributed by atoms with Crippen molar-refractivity contribution in [3.63, 3.8) is 0 Å². The maximum atomic E-state index is 12.2. The Labute approximate surface area is 131 Å². The Morgan fingerprint density at radius 1 is 1.23 bits per heavy atom. The Hall–Kier alpha value is -1.78. The zero-order chi connectivity index (χ0) is 17.1. The molecule has 0 aliphatic heterocycles. The van der Waals surface area contributed by atoms with Crippen molar-refractivity contribution in [3.8, 4) is 0 Å². The monoisotopic (exact) mass is 310 g/mol.